The van der Waals surface area contributed by atoms with Gasteiger partial charge in [-0.1, -0.05) is 97.1 Å². The van der Waals surface area contributed by atoms with Crippen LogP contribution in [0.5, 0.6) is 0 Å². The number of para-hydroxylation sites is 1. The largest absolute Gasteiger partial charge is 0.308 e. The van der Waals surface area contributed by atoms with Crippen molar-refractivity contribution in [2.24, 2.45) is 0 Å². The first-order valence-corrected chi connectivity index (χ1v) is 16.3. The van der Waals surface area contributed by atoms with E-state index in [4.69, 9.17) is 0 Å². The SMILES string of the molecule is N#Cc1cncc(-c2ccc3c(c2)c2ccccc2n3-c2cccc3c2C(=O)N(c2ccc(-c4ccccc4)cc2-c2ccccc2)C3=O)c1. The standard InChI is InChI=1S/C44H26N4O2/c45-25-28-22-33(27-46-26-28)32-19-21-40-37(24-32)34-14-7-8-16-38(34)47(40)41-17-9-15-35-42(41)44(50)48(43(35)49)39-20-18-31(29-10-3-1-4-11-29)23-36(39)30-12-5-2-6-13-30/h1-24,26-27H. The molecule has 1 aliphatic heterocycles. The molecule has 3 heterocycles. The summed E-state index contributed by atoms with van der Waals surface area (Å²) in [6.45, 7) is 0. The van der Waals surface area contributed by atoms with Crippen LogP contribution >= 0.6 is 0 Å². The van der Waals surface area contributed by atoms with Crippen LogP contribution in [0.3, 0.4) is 0 Å². The van der Waals surface area contributed by atoms with E-state index in [1.807, 2.05) is 121 Å². The molecule has 50 heavy (non-hydrogen) atoms. The van der Waals surface area contributed by atoms with Gasteiger partial charge in [-0.05, 0) is 70.8 Å². The molecule has 2 amide bonds. The molecule has 0 N–H and O–H groups in total. The number of nitrogens with zero attached hydrogens (tertiary/aromatic N) is 4. The van der Waals surface area contributed by atoms with Gasteiger partial charge in [-0.15, -0.1) is 0 Å². The van der Waals surface area contributed by atoms with E-state index in [2.05, 4.69) is 33.8 Å². The van der Waals surface area contributed by atoms with Crippen molar-refractivity contribution >= 4 is 39.3 Å². The fraction of sp³-hybridized carbons (Fsp3) is 0. The fourth-order valence-corrected chi connectivity index (χ4v) is 7.13. The third-order valence-electron chi connectivity index (χ3n) is 9.44. The summed E-state index contributed by atoms with van der Waals surface area (Å²) >= 11 is 0. The number of benzene rings is 6. The Labute approximate surface area is 287 Å². The minimum Gasteiger partial charge on any atom is -0.308 e. The first-order valence-electron chi connectivity index (χ1n) is 16.3. The molecule has 0 saturated heterocycles. The molecule has 8 aromatic rings. The van der Waals surface area contributed by atoms with Crippen molar-refractivity contribution in [3.8, 4) is 45.1 Å². The van der Waals surface area contributed by atoms with E-state index in [1.165, 1.54) is 4.90 Å². The second-order valence-electron chi connectivity index (χ2n) is 12.3. The van der Waals surface area contributed by atoms with Gasteiger partial charge in [-0.3, -0.25) is 14.6 Å². The van der Waals surface area contributed by atoms with E-state index >= 15 is 0 Å². The number of amides is 2. The highest BCUT2D eigenvalue weighted by molar-refractivity contribution is 6.36. The highest BCUT2D eigenvalue weighted by atomic mass is 16.2. The Morgan fingerprint density at radius 2 is 1.20 bits per heavy atom. The van der Waals surface area contributed by atoms with Crippen molar-refractivity contribution in [3.05, 3.63) is 175 Å². The van der Waals surface area contributed by atoms with Crippen molar-refractivity contribution in [2.75, 3.05) is 4.90 Å². The monoisotopic (exact) mass is 642 g/mol. The lowest BCUT2D eigenvalue weighted by Crippen LogP contribution is -2.30. The maximum Gasteiger partial charge on any atom is 0.268 e. The zero-order valence-electron chi connectivity index (χ0n) is 26.6. The van der Waals surface area contributed by atoms with Crippen molar-refractivity contribution in [1.82, 2.24) is 9.55 Å². The Morgan fingerprint density at radius 3 is 2.00 bits per heavy atom. The average Bonchev–Trinajstić information content (AvgIpc) is 3.65. The predicted molar refractivity (Wildman–Crippen MR) is 197 cm³/mol. The number of carbonyl (C=O) groups is 2. The molecule has 6 heteroatoms. The molecular formula is C44H26N4O2. The summed E-state index contributed by atoms with van der Waals surface area (Å²) in [6.07, 6.45) is 3.30. The van der Waals surface area contributed by atoms with Gasteiger partial charge in [0.15, 0.2) is 0 Å². The van der Waals surface area contributed by atoms with E-state index in [-0.39, 0.29) is 11.8 Å². The van der Waals surface area contributed by atoms with Crippen LogP contribution in [0.4, 0.5) is 5.69 Å². The number of pyridine rings is 1. The molecule has 0 bridgehead atoms. The van der Waals surface area contributed by atoms with Crippen LogP contribution in [0.15, 0.2) is 158 Å². The summed E-state index contributed by atoms with van der Waals surface area (Å²) in [4.78, 5) is 34.6. The Hall–Kier alpha value is -7.10. The van der Waals surface area contributed by atoms with Crippen LogP contribution in [-0.4, -0.2) is 21.4 Å². The second kappa shape index (κ2) is 11.6. The number of rotatable bonds is 5. The van der Waals surface area contributed by atoms with E-state index in [1.54, 1.807) is 18.5 Å². The number of imide groups is 1. The molecule has 0 aliphatic carbocycles. The van der Waals surface area contributed by atoms with Crippen molar-refractivity contribution in [1.29, 1.82) is 5.26 Å². The van der Waals surface area contributed by atoms with Gasteiger partial charge < -0.3 is 4.57 Å². The van der Waals surface area contributed by atoms with E-state index in [9.17, 15) is 14.9 Å². The molecular weight excluding hydrogens is 617 g/mol. The zero-order valence-corrected chi connectivity index (χ0v) is 26.6. The molecule has 0 spiro atoms. The highest BCUT2D eigenvalue weighted by Crippen LogP contribution is 2.42. The summed E-state index contributed by atoms with van der Waals surface area (Å²) in [6, 6.07) is 49.5. The van der Waals surface area contributed by atoms with Crippen LogP contribution in [0.25, 0.3) is 60.9 Å². The third-order valence-corrected chi connectivity index (χ3v) is 9.44. The molecule has 0 unspecified atom stereocenters. The highest BCUT2D eigenvalue weighted by Gasteiger charge is 2.40. The number of hydrogen-bond donors (Lipinski definition) is 0. The molecule has 0 atom stereocenters. The van der Waals surface area contributed by atoms with E-state index in [0.717, 1.165) is 55.2 Å². The molecule has 234 valence electrons. The van der Waals surface area contributed by atoms with Crippen LogP contribution in [0.2, 0.25) is 0 Å². The Bertz CT molecular complexity index is 2710. The summed E-state index contributed by atoms with van der Waals surface area (Å²) in [5, 5.41) is 11.4. The Morgan fingerprint density at radius 1 is 0.500 bits per heavy atom. The van der Waals surface area contributed by atoms with E-state index < -0.39 is 0 Å². The third kappa shape index (κ3) is 4.53. The normalized spacial score (nSPS) is 12.4. The van der Waals surface area contributed by atoms with Crippen LogP contribution in [0.1, 0.15) is 26.3 Å². The average molecular weight is 643 g/mol. The predicted octanol–water partition coefficient (Wildman–Crippen LogP) is 9.85. The number of nitriles is 1. The minimum absolute atomic E-state index is 0.357. The number of hydrogen-bond acceptors (Lipinski definition) is 4. The Balaban J connectivity index is 1.21. The molecule has 0 radical (unpaired) electrons. The van der Waals surface area contributed by atoms with Gasteiger partial charge in [-0.2, -0.15) is 5.26 Å². The van der Waals surface area contributed by atoms with Gasteiger partial charge in [0.1, 0.15) is 6.07 Å². The lowest BCUT2D eigenvalue weighted by atomic mass is 9.97. The zero-order chi connectivity index (χ0) is 33.8. The lowest BCUT2D eigenvalue weighted by Gasteiger charge is -2.20. The molecule has 6 aromatic carbocycles. The first kappa shape index (κ1) is 29.1. The van der Waals surface area contributed by atoms with Crippen LogP contribution < -0.4 is 4.90 Å². The topological polar surface area (TPSA) is 79.0 Å². The quantitative estimate of drug-likeness (QED) is 0.175. The van der Waals surface area contributed by atoms with Gasteiger partial charge in [0.2, 0.25) is 0 Å². The van der Waals surface area contributed by atoms with Gasteiger partial charge >= 0.3 is 0 Å². The summed E-state index contributed by atoms with van der Waals surface area (Å²) in [5.74, 6) is -0.725. The van der Waals surface area contributed by atoms with Crippen LogP contribution in [0, 0.1) is 11.3 Å². The summed E-state index contributed by atoms with van der Waals surface area (Å²) < 4.78 is 2.07. The molecule has 9 rings (SSSR count). The van der Waals surface area contributed by atoms with Crippen LogP contribution in [-0.2, 0) is 0 Å². The Kier molecular flexibility index (Phi) is 6.72. The molecule has 0 fully saturated rings. The van der Waals surface area contributed by atoms with Crippen molar-refractivity contribution in [3.63, 3.8) is 0 Å². The molecule has 2 aromatic heterocycles. The number of aromatic nitrogens is 2. The molecule has 0 saturated carbocycles. The van der Waals surface area contributed by atoms with Gasteiger partial charge in [0, 0.05) is 34.3 Å². The summed E-state index contributed by atoms with van der Waals surface area (Å²) in [5.41, 5.74) is 9.69. The van der Waals surface area contributed by atoms with Gasteiger partial charge in [0.05, 0.1) is 39.1 Å². The van der Waals surface area contributed by atoms with Crippen molar-refractivity contribution in [2.45, 2.75) is 0 Å². The lowest BCUT2D eigenvalue weighted by molar-refractivity contribution is 0.0926. The minimum atomic E-state index is -0.368. The molecule has 6 nitrogen and oxygen atoms in total. The maximum absolute atomic E-state index is 14.7. The van der Waals surface area contributed by atoms with E-state index in [0.29, 0.717) is 28.1 Å². The smallest absolute Gasteiger partial charge is 0.268 e. The second-order valence-corrected chi connectivity index (χ2v) is 12.3. The van der Waals surface area contributed by atoms with Crippen molar-refractivity contribution < 1.29 is 9.59 Å². The number of carbonyl (C=O) groups excluding carboxylic acids is 2. The first-order chi connectivity index (χ1) is 24.6. The number of fused-ring (bicyclic) bond motifs is 4. The van der Waals surface area contributed by atoms with Gasteiger partial charge in [0.25, 0.3) is 11.8 Å². The van der Waals surface area contributed by atoms with Gasteiger partial charge in [-0.25, -0.2) is 4.90 Å². The summed E-state index contributed by atoms with van der Waals surface area (Å²) in [7, 11) is 0. The maximum atomic E-state index is 14.7. The molecule has 1 aliphatic rings. The number of anilines is 1. The fourth-order valence-electron chi connectivity index (χ4n) is 7.13.